The smallest absolute Gasteiger partial charge is 0.319 e. The van der Waals surface area contributed by atoms with E-state index in [4.69, 9.17) is 0 Å². The van der Waals surface area contributed by atoms with Gasteiger partial charge in [-0.2, -0.15) is 0 Å². The molecule has 2 aromatic carbocycles. The topological polar surface area (TPSA) is 41.1 Å². The van der Waals surface area contributed by atoms with Gasteiger partial charge in [-0.1, -0.05) is 32.9 Å². The Morgan fingerprint density at radius 2 is 1.70 bits per heavy atom. The third kappa shape index (κ3) is 4.77. The summed E-state index contributed by atoms with van der Waals surface area (Å²) in [6, 6.07) is 10.2. The molecule has 0 aromatic heterocycles. The van der Waals surface area contributed by atoms with E-state index in [9.17, 15) is 13.6 Å². The van der Waals surface area contributed by atoms with Crippen molar-refractivity contribution in [2.24, 2.45) is 0 Å². The van der Waals surface area contributed by atoms with E-state index in [-0.39, 0.29) is 17.5 Å². The maximum absolute atomic E-state index is 13.5. The lowest BCUT2D eigenvalue weighted by Gasteiger charge is -2.19. The van der Waals surface area contributed by atoms with Gasteiger partial charge in [0.15, 0.2) is 0 Å². The van der Waals surface area contributed by atoms with Crippen LogP contribution in [-0.4, -0.2) is 6.03 Å². The maximum atomic E-state index is 13.5. The molecule has 3 nitrogen and oxygen atoms in total. The molecule has 23 heavy (non-hydrogen) atoms. The van der Waals surface area contributed by atoms with Crippen molar-refractivity contribution in [3.63, 3.8) is 0 Å². The van der Waals surface area contributed by atoms with Crippen molar-refractivity contribution >= 4 is 11.7 Å². The van der Waals surface area contributed by atoms with Crippen LogP contribution in [-0.2, 0) is 12.0 Å². The molecule has 0 heterocycles. The zero-order valence-corrected chi connectivity index (χ0v) is 13.4. The van der Waals surface area contributed by atoms with Crippen molar-refractivity contribution in [3.8, 4) is 0 Å². The van der Waals surface area contributed by atoms with E-state index < -0.39 is 17.7 Å². The largest absolute Gasteiger partial charge is 0.334 e. The fourth-order valence-corrected chi connectivity index (χ4v) is 2.08. The molecule has 0 aliphatic heterocycles. The summed E-state index contributed by atoms with van der Waals surface area (Å²) < 4.78 is 26.5. The van der Waals surface area contributed by atoms with Crippen LogP contribution in [0.4, 0.5) is 19.3 Å². The van der Waals surface area contributed by atoms with E-state index in [1.807, 2.05) is 24.3 Å². The fourth-order valence-electron chi connectivity index (χ4n) is 2.08. The van der Waals surface area contributed by atoms with Crippen LogP contribution in [0.3, 0.4) is 0 Å². The summed E-state index contributed by atoms with van der Waals surface area (Å²) >= 11 is 0. The lowest BCUT2D eigenvalue weighted by Crippen LogP contribution is -2.28. The van der Waals surface area contributed by atoms with Gasteiger partial charge in [0.1, 0.15) is 11.6 Å². The van der Waals surface area contributed by atoms with Gasteiger partial charge in [0, 0.05) is 17.8 Å². The average Bonchev–Trinajstić information content (AvgIpc) is 2.48. The highest BCUT2D eigenvalue weighted by Gasteiger charge is 2.13. The van der Waals surface area contributed by atoms with E-state index in [2.05, 4.69) is 31.4 Å². The highest BCUT2D eigenvalue weighted by Crippen LogP contribution is 2.23. The number of rotatable bonds is 3. The Labute approximate surface area is 134 Å². The molecule has 5 heteroatoms. The first kappa shape index (κ1) is 16.9. The lowest BCUT2D eigenvalue weighted by molar-refractivity contribution is 0.251. The molecule has 122 valence electrons. The monoisotopic (exact) mass is 318 g/mol. The van der Waals surface area contributed by atoms with Crippen LogP contribution in [0.2, 0.25) is 0 Å². The van der Waals surface area contributed by atoms with Crippen LogP contribution in [0.1, 0.15) is 31.9 Å². The van der Waals surface area contributed by atoms with Crippen molar-refractivity contribution in [1.82, 2.24) is 5.32 Å². The molecule has 0 saturated carbocycles. The SMILES string of the molecule is CC(C)(C)c1ccc(NC(=O)NCc2cc(F)ccc2F)cc1. The summed E-state index contributed by atoms with van der Waals surface area (Å²) in [5.74, 6) is -1.09. The third-order valence-corrected chi connectivity index (χ3v) is 3.46. The predicted octanol–water partition coefficient (Wildman–Crippen LogP) is 4.58. The minimum absolute atomic E-state index is 0.0374. The van der Waals surface area contributed by atoms with Gasteiger partial charge >= 0.3 is 6.03 Å². The molecule has 0 atom stereocenters. The Hall–Kier alpha value is -2.43. The molecule has 0 aliphatic rings. The molecule has 0 radical (unpaired) electrons. The number of nitrogens with one attached hydrogen (secondary N) is 2. The van der Waals surface area contributed by atoms with Gasteiger partial charge in [0.05, 0.1) is 0 Å². The van der Waals surface area contributed by atoms with Crippen molar-refractivity contribution in [3.05, 3.63) is 65.2 Å². The van der Waals surface area contributed by atoms with Crippen LogP contribution in [0, 0.1) is 11.6 Å². The number of carbonyl (C=O) groups excluding carboxylic acids is 1. The zero-order valence-electron chi connectivity index (χ0n) is 13.4. The van der Waals surface area contributed by atoms with Crippen LogP contribution in [0.5, 0.6) is 0 Å². The highest BCUT2D eigenvalue weighted by molar-refractivity contribution is 5.89. The van der Waals surface area contributed by atoms with Crippen LogP contribution >= 0.6 is 0 Å². The van der Waals surface area contributed by atoms with E-state index >= 15 is 0 Å². The standard InChI is InChI=1S/C18H20F2N2O/c1-18(2,3)13-4-7-15(8-5-13)22-17(23)21-11-12-10-14(19)6-9-16(12)20/h4-10H,11H2,1-3H3,(H2,21,22,23). The molecule has 0 saturated heterocycles. The minimum atomic E-state index is -0.554. The van der Waals surface area contributed by atoms with Gasteiger partial charge in [0.2, 0.25) is 0 Å². The number of amides is 2. The number of hydrogen-bond donors (Lipinski definition) is 2. The number of halogens is 2. The molecule has 2 aromatic rings. The van der Waals surface area contributed by atoms with Gasteiger partial charge in [0.25, 0.3) is 0 Å². The Morgan fingerprint density at radius 1 is 1.04 bits per heavy atom. The molecule has 2 rings (SSSR count). The molecule has 0 fully saturated rings. The summed E-state index contributed by atoms with van der Waals surface area (Å²) in [4.78, 5) is 11.8. The van der Waals surface area contributed by atoms with E-state index in [0.717, 1.165) is 23.8 Å². The zero-order chi connectivity index (χ0) is 17.0. The first-order chi connectivity index (χ1) is 10.8. The third-order valence-electron chi connectivity index (χ3n) is 3.46. The molecule has 0 aliphatic carbocycles. The van der Waals surface area contributed by atoms with Crippen molar-refractivity contribution in [2.75, 3.05) is 5.32 Å². The van der Waals surface area contributed by atoms with Crippen LogP contribution in [0.25, 0.3) is 0 Å². The van der Waals surface area contributed by atoms with Crippen molar-refractivity contribution < 1.29 is 13.6 Å². The minimum Gasteiger partial charge on any atom is -0.334 e. The van der Waals surface area contributed by atoms with Crippen LogP contribution in [0.15, 0.2) is 42.5 Å². The number of benzene rings is 2. The quantitative estimate of drug-likeness (QED) is 0.854. The second-order valence-electron chi connectivity index (χ2n) is 6.37. The van der Waals surface area contributed by atoms with Gasteiger partial charge in [-0.05, 0) is 41.3 Å². The summed E-state index contributed by atoms with van der Waals surface area (Å²) in [7, 11) is 0. The van der Waals surface area contributed by atoms with E-state index in [1.165, 1.54) is 0 Å². The molecular formula is C18H20F2N2O. The van der Waals surface area contributed by atoms with Gasteiger partial charge in [-0.15, -0.1) is 0 Å². The molecule has 2 N–H and O–H groups in total. The number of hydrogen-bond acceptors (Lipinski definition) is 1. The second-order valence-corrected chi connectivity index (χ2v) is 6.37. The second kappa shape index (κ2) is 6.77. The normalized spacial score (nSPS) is 11.2. The Balaban J connectivity index is 1.93. The molecule has 0 unspecified atom stereocenters. The highest BCUT2D eigenvalue weighted by atomic mass is 19.1. The van der Waals surface area contributed by atoms with E-state index in [1.54, 1.807) is 0 Å². The lowest BCUT2D eigenvalue weighted by atomic mass is 9.87. The summed E-state index contributed by atoms with van der Waals surface area (Å²) in [6.07, 6.45) is 0. The number of carbonyl (C=O) groups is 1. The first-order valence-corrected chi connectivity index (χ1v) is 7.35. The van der Waals surface area contributed by atoms with Crippen LogP contribution < -0.4 is 10.6 Å². The van der Waals surface area contributed by atoms with E-state index in [0.29, 0.717) is 5.69 Å². The average molecular weight is 318 g/mol. The maximum Gasteiger partial charge on any atom is 0.319 e. The first-order valence-electron chi connectivity index (χ1n) is 7.35. The molecule has 0 spiro atoms. The number of anilines is 1. The van der Waals surface area contributed by atoms with Crippen molar-refractivity contribution in [1.29, 1.82) is 0 Å². The Kier molecular flexibility index (Phi) is 4.98. The van der Waals surface area contributed by atoms with Gasteiger partial charge < -0.3 is 10.6 Å². The Morgan fingerprint density at radius 3 is 2.30 bits per heavy atom. The predicted molar refractivity (Wildman–Crippen MR) is 87.4 cm³/mol. The molecular weight excluding hydrogens is 298 g/mol. The van der Waals surface area contributed by atoms with Gasteiger partial charge in [-0.25, -0.2) is 13.6 Å². The summed E-state index contributed by atoms with van der Waals surface area (Å²) in [5, 5.41) is 5.16. The molecule has 2 amide bonds. The Bertz CT molecular complexity index is 691. The summed E-state index contributed by atoms with van der Waals surface area (Å²) in [5.41, 5.74) is 1.93. The fraction of sp³-hybridized carbons (Fsp3) is 0.278. The molecule has 0 bridgehead atoms. The van der Waals surface area contributed by atoms with Crippen molar-refractivity contribution in [2.45, 2.75) is 32.7 Å². The number of urea groups is 1. The van der Waals surface area contributed by atoms with Gasteiger partial charge in [-0.3, -0.25) is 0 Å². The summed E-state index contributed by atoms with van der Waals surface area (Å²) in [6.45, 7) is 6.23.